The van der Waals surface area contributed by atoms with Gasteiger partial charge >= 0.3 is 0 Å². The van der Waals surface area contributed by atoms with E-state index in [9.17, 15) is 33.0 Å². The number of H-pyrrole nitrogens is 6. The van der Waals surface area contributed by atoms with Crippen LogP contribution in [0.1, 0.15) is 192 Å². The molecule has 0 amide bonds. The molecule has 0 atom stereocenters. The lowest BCUT2D eigenvalue weighted by molar-refractivity contribution is 0.599. The molecule has 24 rings (SSSR count). The van der Waals surface area contributed by atoms with Gasteiger partial charge < -0.3 is 27.4 Å². The van der Waals surface area contributed by atoms with Gasteiger partial charge in [-0.25, -0.2) is 17.2 Å². The standard InChI is InChI=1S/C20H20FN3O2S.C20H18N4.C19H15ClN4.C19H17FIN3.C19H16N4.C18H18N4/c1-11(2)19-20(27(4,25)26)15-9-17-13(10-22-23-17)8-18(15)24(19)14-5-6-16(21)12(3)7-14;1-12(2)20-17(10-21)16-9-18-14(11-22-23-18)8-19(16)24(20)15-6-4-5-13(3)7-15;1-11(2)19-16(9-21)15-8-17-12(10-22-23-17)6-18(15)24(19)14-5-3-4-13(20)7-14;1-10(2)19-18(21)14-8-16-12(9-22-23-16)7-17(14)24(19)13-4-5-15(20)11(3)6-13;1-12(2)19-16(10-20)15-9-17-13(11-21-22-17)8-18(15)23(19)14-6-4-3-5-7-14;1-11(2)17-8-13-7-16-14(10-20-21-16)9-18(13)22(17)15-4-5-19-12(3)6-15/h5-11H,1-4H3,(H,22,23);4-9,11-12H,1-3H3,(H,22,23);3-8,10-11H,1-2H3,(H,22,23);4-10H,1-3H3,(H,22,23);3-9,11-12H,1-2H3,(H,21,22);4-11H,1-3H3,(H,20,21). The highest BCUT2D eigenvalue weighted by Gasteiger charge is 2.31. The predicted octanol–water partition coefficient (Wildman–Crippen LogP) is 29.0. The fraction of sp³-hybridized carbons (Fsp3) is 0.200. The summed E-state index contributed by atoms with van der Waals surface area (Å²) in [5.74, 6) is 0.961. The van der Waals surface area contributed by atoms with E-state index < -0.39 is 9.84 Å². The maximum Gasteiger partial charge on any atom is 0.177 e. The average Bonchev–Trinajstić information content (AvgIpc) is 1.59. The van der Waals surface area contributed by atoms with Crippen LogP contribution in [0.25, 0.3) is 165 Å². The van der Waals surface area contributed by atoms with Crippen molar-refractivity contribution in [3.05, 3.63) is 343 Å². The van der Waals surface area contributed by atoms with E-state index >= 15 is 0 Å². The Morgan fingerprint density at radius 1 is 0.340 bits per heavy atom. The van der Waals surface area contributed by atoms with Gasteiger partial charge in [0, 0.05) is 160 Å². The average molecular weight is 2060 g/mol. The smallest absolute Gasteiger partial charge is 0.177 e. The summed E-state index contributed by atoms with van der Waals surface area (Å²) < 4.78 is 67.3. The molecule has 0 saturated carbocycles. The third-order valence-corrected chi connectivity index (χ3v) is 28.9. The molecular weight excluding hydrogens is 1950 g/mol. The topological polar surface area (TPSA) is 320 Å². The van der Waals surface area contributed by atoms with Gasteiger partial charge in [-0.05, 0) is 272 Å². The highest BCUT2D eigenvalue weighted by Crippen LogP contribution is 2.45. The first kappa shape index (κ1) is 96.8. The number of para-hydroxylation sites is 1. The molecule has 24 nitrogen and oxygen atoms in total. The van der Waals surface area contributed by atoms with Crippen LogP contribution in [0.4, 0.5) is 8.78 Å². The van der Waals surface area contributed by atoms with Gasteiger partial charge in [0.15, 0.2) is 9.84 Å². The zero-order valence-electron chi connectivity index (χ0n) is 82.5. The molecule has 0 fully saturated rings. The quantitative estimate of drug-likeness (QED) is 0.0587. The summed E-state index contributed by atoms with van der Waals surface area (Å²) in [7, 11) is -3.49. The van der Waals surface area contributed by atoms with Gasteiger partial charge in [0.05, 0.1) is 125 Å². The fourth-order valence-corrected chi connectivity index (χ4v) is 22.8. The second kappa shape index (κ2) is 39.1. The lowest BCUT2D eigenvalue weighted by atomic mass is 10.0. The number of benzene rings is 11. The van der Waals surface area contributed by atoms with Gasteiger partial charge in [-0.2, -0.15) is 46.4 Å². The molecule has 0 aliphatic rings. The number of nitriles is 3. The summed E-state index contributed by atoms with van der Waals surface area (Å²) in [6.45, 7) is 33.1. The minimum absolute atomic E-state index is 0.0519. The summed E-state index contributed by atoms with van der Waals surface area (Å²) in [4.78, 5) is 4.63. The lowest BCUT2D eigenvalue weighted by Crippen LogP contribution is -2.07. The normalized spacial score (nSPS) is 11.8. The number of aromatic nitrogens is 19. The highest BCUT2D eigenvalue weighted by molar-refractivity contribution is 14.1. The molecule has 0 spiro atoms. The number of pyridine rings is 1. The van der Waals surface area contributed by atoms with Crippen molar-refractivity contribution in [1.82, 2.24) is 93.6 Å². The van der Waals surface area contributed by atoms with Crippen molar-refractivity contribution < 1.29 is 17.2 Å². The van der Waals surface area contributed by atoms with Crippen LogP contribution < -0.4 is 0 Å². The van der Waals surface area contributed by atoms with Crippen LogP contribution in [0.2, 0.25) is 5.02 Å². The van der Waals surface area contributed by atoms with Crippen LogP contribution in [0.15, 0.2) is 255 Å². The Bertz CT molecular complexity index is 9220. The maximum atomic E-state index is 13.8. The minimum atomic E-state index is -3.49. The zero-order valence-corrected chi connectivity index (χ0v) is 86.3. The first-order valence-electron chi connectivity index (χ1n) is 47.6. The van der Waals surface area contributed by atoms with Crippen molar-refractivity contribution in [2.24, 2.45) is 0 Å². The molecule has 0 aliphatic carbocycles. The number of rotatable bonds is 13. The number of nitrogens with one attached hydrogen (secondary N) is 6. The van der Waals surface area contributed by atoms with Gasteiger partial charge in [0.2, 0.25) is 0 Å². The van der Waals surface area contributed by atoms with Crippen LogP contribution in [-0.2, 0) is 9.84 Å². The molecule has 13 aromatic heterocycles. The van der Waals surface area contributed by atoms with E-state index in [1.165, 1.54) is 49.1 Å². The Hall–Kier alpha value is -16.1. The molecule has 0 saturated heterocycles. The van der Waals surface area contributed by atoms with Gasteiger partial charge in [0.25, 0.3) is 0 Å². The van der Waals surface area contributed by atoms with Crippen LogP contribution in [-0.4, -0.2) is 108 Å². The first-order chi connectivity index (χ1) is 69.2. The van der Waals surface area contributed by atoms with Gasteiger partial charge in [-0.3, -0.25) is 35.6 Å². The Balaban J connectivity index is 0.000000109. The number of aromatic amines is 6. The Labute approximate surface area is 848 Å². The third-order valence-electron chi connectivity index (χ3n) is 26.4. The summed E-state index contributed by atoms with van der Waals surface area (Å²) in [6.07, 6.45) is 14.0. The van der Waals surface area contributed by atoms with E-state index in [1.54, 1.807) is 44.4 Å². The van der Waals surface area contributed by atoms with Crippen LogP contribution in [0.3, 0.4) is 0 Å². The molecule has 144 heavy (non-hydrogen) atoms. The van der Waals surface area contributed by atoms with Gasteiger partial charge in [0.1, 0.15) is 29.8 Å². The van der Waals surface area contributed by atoms with Gasteiger partial charge in [-0.15, -0.1) is 0 Å². The largest absolute Gasteiger partial charge is 0.313 e. The van der Waals surface area contributed by atoms with Crippen LogP contribution in [0.5, 0.6) is 0 Å². The Morgan fingerprint density at radius 3 is 1.08 bits per heavy atom. The highest BCUT2D eigenvalue weighted by atomic mass is 127. The zero-order chi connectivity index (χ0) is 101. The molecule has 0 radical (unpaired) electrons. The molecule has 13 heterocycles. The van der Waals surface area contributed by atoms with E-state index in [0.717, 1.165) is 177 Å². The fourth-order valence-electron chi connectivity index (χ4n) is 20.0. The number of nitrogens with zero attached hydrogens (tertiary/aromatic N) is 16. The summed E-state index contributed by atoms with van der Waals surface area (Å²) in [6, 6.07) is 75.0. The number of hydrogen-bond acceptors (Lipinski definition) is 12. The van der Waals surface area contributed by atoms with Crippen molar-refractivity contribution in [3.63, 3.8) is 0 Å². The Kier molecular flexibility index (Phi) is 26.3. The minimum Gasteiger partial charge on any atom is -0.313 e. The van der Waals surface area contributed by atoms with E-state index in [-0.39, 0.29) is 35.3 Å². The van der Waals surface area contributed by atoms with Crippen molar-refractivity contribution in [2.75, 3.05) is 6.26 Å². The predicted molar refractivity (Wildman–Crippen MR) is 584 cm³/mol. The lowest BCUT2D eigenvalue weighted by Gasteiger charge is -2.15. The van der Waals surface area contributed by atoms with Crippen molar-refractivity contribution in [1.29, 1.82) is 15.8 Å². The molecular formula is C115H104ClF2IN22O2S. The monoisotopic (exact) mass is 2060 g/mol. The van der Waals surface area contributed by atoms with E-state index in [2.05, 4.69) is 303 Å². The van der Waals surface area contributed by atoms with Crippen LogP contribution in [0, 0.1) is 76.9 Å². The first-order valence-corrected chi connectivity index (χ1v) is 51.0. The second-order valence-corrected chi connectivity index (χ2v) is 42.0. The third kappa shape index (κ3) is 17.8. The number of aryl methyl sites for hydroxylation is 4. The van der Waals surface area contributed by atoms with Crippen molar-refractivity contribution >= 4 is 175 Å². The molecule has 0 bridgehead atoms. The second-order valence-electron chi connectivity index (χ2n) is 38.5. The molecule has 720 valence electrons. The van der Waals surface area contributed by atoms with Gasteiger partial charge in [-0.1, -0.05) is 131 Å². The number of sulfone groups is 1. The maximum absolute atomic E-state index is 13.8. The number of halogens is 4. The van der Waals surface area contributed by atoms with E-state index in [4.69, 9.17) is 11.6 Å². The Morgan fingerprint density at radius 2 is 0.688 bits per heavy atom. The number of fused-ring (bicyclic) bond motifs is 12. The van der Waals surface area contributed by atoms with Crippen molar-refractivity contribution in [3.8, 4) is 52.3 Å². The van der Waals surface area contributed by atoms with E-state index in [0.29, 0.717) is 49.5 Å². The SMILES string of the molecule is CC(C)c1c(C#N)c2cc3[nH]ncc3cc2n1-c1cccc(Cl)c1.CC(C)c1c(C#N)c2cc3[nH]ncc3cc2n1-c1ccccc1.Cc1cc(-n2c(C(C)C)c(I)c3cc4[nH]ncc4cc32)ccc1F.Cc1cc(-n2c(C(C)C)c(S(C)(=O)=O)c3cc4[nH]ncc4cc32)ccc1F.Cc1cc(-n2c(C(C)C)cc3cc4[nH]ncc4cc32)ccn1.Cc1cccc(-n2c(C(C)C)c(C#N)c3cc4[nH]ncc4cc32)c1. The summed E-state index contributed by atoms with van der Waals surface area (Å²) in [5.41, 5.74) is 29.9. The molecule has 24 aromatic rings. The molecule has 11 aromatic carbocycles. The number of hydrogen-bond donors (Lipinski definition) is 6. The molecule has 0 aliphatic heterocycles. The van der Waals surface area contributed by atoms with Crippen molar-refractivity contribution in [2.45, 2.75) is 151 Å². The summed E-state index contributed by atoms with van der Waals surface area (Å²) >= 11 is 8.62. The molecule has 29 heteroatoms. The summed E-state index contributed by atoms with van der Waals surface area (Å²) in [5, 5.41) is 84.8. The van der Waals surface area contributed by atoms with Crippen LogP contribution >= 0.6 is 34.2 Å². The molecule has 6 N–H and O–H groups in total. The van der Waals surface area contributed by atoms with E-state index in [1.807, 2.05) is 141 Å². The molecule has 0 unspecified atom stereocenters.